The molecule has 1 N–H and O–H groups in total. The number of carbonyl (C=O) groups is 2. The second kappa shape index (κ2) is 12.7. The first kappa shape index (κ1) is 27.5. The molecule has 1 atom stereocenters. The van der Waals surface area contributed by atoms with Crippen molar-refractivity contribution in [2.24, 2.45) is 5.92 Å². The molecule has 0 saturated heterocycles. The zero-order chi connectivity index (χ0) is 25.3. The number of sulfonamides is 1. The van der Waals surface area contributed by atoms with Crippen molar-refractivity contribution in [3.8, 4) is 0 Å². The highest BCUT2D eigenvalue weighted by molar-refractivity contribution is 7.89. The maximum atomic E-state index is 13.2. The van der Waals surface area contributed by atoms with E-state index in [0.29, 0.717) is 25.4 Å². The van der Waals surface area contributed by atoms with E-state index in [1.165, 1.54) is 11.4 Å². The van der Waals surface area contributed by atoms with Crippen LogP contribution in [-0.2, 0) is 26.2 Å². The summed E-state index contributed by atoms with van der Waals surface area (Å²) in [7, 11) is -2.10. The third-order valence-electron chi connectivity index (χ3n) is 5.77. The van der Waals surface area contributed by atoms with Gasteiger partial charge in [-0.05, 0) is 49.4 Å². The zero-order valence-electron chi connectivity index (χ0n) is 20.8. The molecule has 0 bridgehead atoms. The molecule has 0 aliphatic heterocycles. The first-order valence-electron chi connectivity index (χ1n) is 11.7. The molecular weight excluding hydrogens is 450 g/mol. The molecule has 2 aromatic rings. The van der Waals surface area contributed by atoms with E-state index in [9.17, 15) is 18.0 Å². The topological polar surface area (TPSA) is 86.8 Å². The van der Waals surface area contributed by atoms with E-state index in [1.807, 2.05) is 45.0 Å². The molecule has 0 spiro atoms. The van der Waals surface area contributed by atoms with Crippen LogP contribution in [0.25, 0.3) is 0 Å². The lowest BCUT2D eigenvalue weighted by Gasteiger charge is -2.30. The van der Waals surface area contributed by atoms with Crippen LogP contribution in [0.5, 0.6) is 0 Å². The summed E-state index contributed by atoms with van der Waals surface area (Å²) in [5.41, 5.74) is 2.02. The molecule has 0 heterocycles. The minimum atomic E-state index is -3.61. The van der Waals surface area contributed by atoms with Gasteiger partial charge in [-0.1, -0.05) is 56.3 Å². The number of carbonyl (C=O) groups excluding carboxylic acids is 2. The van der Waals surface area contributed by atoms with Gasteiger partial charge in [0.1, 0.15) is 6.04 Å². The molecule has 0 aliphatic rings. The van der Waals surface area contributed by atoms with Gasteiger partial charge in [0.25, 0.3) is 0 Å². The average Bonchev–Trinajstić information content (AvgIpc) is 2.81. The van der Waals surface area contributed by atoms with Crippen molar-refractivity contribution in [3.63, 3.8) is 0 Å². The summed E-state index contributed by atoms with van der Waals surface area (Å²) in [6.07, 6.45) is 0.494. The molecule has 34 heavy (non-hydrogen) atoms. The Morgan fingerprint density at radius 1 is 0.971 bits per heavy atom. The highest BCUT2D eigenvalue weighted by atomic mass is 32.2. The Kier molecular flexibility index (Phi) is 10.3. The summed E-state index contributed by atoms with van der Waals surface area (Å²) in [5.74, 6) is -0.0702. The largest absolute Gasteiger partial charge is 0.354 e. The van der Waals surface area contributed by atoms with E-state index in [1.54, 1.807) is 42.2 Å². The second-order valence-corrected chi connectivity index (χ2v) is 11.1. The van der Waals surface area contributed by atoms with Gasteiger partial charge in [-0.15, -0.1) is 0 Å². The van der Waals surface area contributed by atoms with Gasteiger partial charge in [0.15, 0.2) is 0 Å². The van der Waals surface area contributed by atoms with Crippen molar-refractivity contribution in [1.29, 1.82) is 0 Å². The highest BCUT2D eigenvalue weighted by Gasteiger charge is 2.27. The molecule has 186 valence electrons. The summed E-state index contributed by atoms with van der Waals surface area (Å²) < 4.78 is 26.7. The van der Waals surface area contributed by atoms with Crippen LogP contribution in [-0.4, -0.2) is 55.6 Å². The van der Waals surface area contributed by atoms with Gasteiger partial charge in [-0.3, -0.25) is 9.59 Å². The zero-order valence-corrected chi connectivity index (χ0v) is 21.6. The SMILES string of the molecule is Cc1ccccc1CN(C(=O)CCCN(C)S(=O)(=O)c1ccccc1)C(C)C(=O)NCC(C)C. The number of amides is 2. The van der Waals surface area contributed by atoms with Gasteiger partial charge in [0.2, 0.25) is 21.8 Å². The molecule has 2 rings (SSSR count). The Bertz CT molecular complexity index is 1050. The average molecular weight is 488 g/mol. The van der Waals surface area contributed by atoms with E-state index in [0.717, 1.165) is 11.1 Å². The minimum Gasteiger partial charge on any atom is -0.354 e. The Hall–Kier alpha value is -2.71. The summed E-state index contributed by atoms with van der Waals surface area (Å²) in [5, 5.41) is 2.91. The number of nitrogens with zero attached hydrogens (tertiary/aromatic N) is 2. The van der Waals surface area contributed by atoms with E-state index in [2.05, 4.69) is 5.32 Å². The van der Waals surface area contributed by atoms with Crippen LogP contribution >= 0.6 is 0 Å². The summed E-state index contributed by atoms with van der Waals surface area (Å²) in [6, 6.07) is 15.4. The molecule has 0 saturated carbocycles. The first-order valence-corrected chi connectivity index (χ1v) is 13.1. The van der Waals surface area contributed by atoms with E-state index >= 15 is 0 Å². The summed E-state index contributed by atoms with van der Waals surface area (Å²) >= 11 is 0. The van der Waals surface area contributed by atoms with E-state index in [4.69, 9.17) is 0 Å². The predicted octanol–water partition coefficient (Wildman–Crippen LogP) is 3.59. The van der Waals surface area contributed by atoms with Gasteiger partial charge in [0, 0.05) is 33.1 Å². The fraction of sp³-hybridized carbons (Fsp3) is 0.462. The van der Waals surface area contributed by atoms with Crippen LogP contribution in [0, 0.1) is 12.8 Å². The molecule has 7 nitrogen and oxygen atoms in total. The van der Waals surface area contributed by atoms with E-state index < -0.39 is 16.1 Å². The fourth-order valence-electron chi connectivity index (χ4n) is 3.50. The summed E-state index contributed by atoms with van der Waals surface area (Å²) in [4.78, 5) is 27.8. The second-order valence-electron chi connectivity index (χ2n) is 9.01. The van der Waals surface area contributed by atoms with E-state index in [-0.39, 0.29) is 29.7 Å². The number of hydrogen-bond donors (Lipinski definition) is 1. The van der Waals surface area contributed by atoms with Crippen LogP contribution < -0.4 is 5.32 Å². The lowest BCUT2D eigenvalue weighted by molar-refractivity contribution is -0.140. The standard InChI is InChI=1S/C26H37N3O4S/c1-20(2)18-27-26(31)22(4)29(19-23-13-10-9-12-21(23)3)25(30)16-11-17-28(5)34(32,33)24-14-7-6-8-15-24/h6-10,12-15,20,22H,11,16-19H2,1-5H3,(H,27,31). The van der Waals surface area contributed by atoms with Crippen molar-refractivity contribution in [2.75, 3.05) is 20.1 Å². The first-order chi connectivity index (χ1) is 16.0. The molecule has 0 aromatic heterocycles. The lowest BCUT2D eigenvalue weighted by Crippen LogP contribution is -2.48. The van der Waals surface area contributed by atoms with Gasteiger partial charge in [-0.2, -0.15) is 0 Å². The molecule has 0 radical (unpaired) electrons. The molecule has 2 amide bonds. The number of rotatable bonds is 12. The monoisotopic (exact) mass is 487 g/mol. The lowest BCUT2D eigenvalue weighted by atomic mass is 10.1. The number of nitrogens with one attached hydrogen (secondary N) is 1. The van der Waals surface area contributed by atoms with Crippen molar-refractivity contribution in [3.05, 3.63) is 65.7 Å². The van der Waals surface area contributed by atoms with Crippen LogP contribution in [0.1, 0.15) is 44.7 Å². The smallest absolute Gasteiger partial charge is 0.242 e. The molecule has 8 heteroatoms. The van der Waals surface area contributed by atoms with Crippen LogP contribution in [0.15, 0.2) is 59.5 Å². The number of hydrogen-bond acceptors (Lipinski definition) is 4. The molecular formula is C26H37N3O4S. The highest BCUT2D eigenvalue weighted by Crippen LogP contribution is 2.17. The van der Waals surface area contributed by atoms with Crippen LogP contribution in [0.2, 0.25) is 0 Å². The third kappa shape index (κ3) is 7.67. The molecule has 0 fully saturated rings. The van der Waals surface area contributed by atoms with Crippen LogP contribution in [0.3, 0.4) is 0 Å². The van der Waals surface area contributed by atoms with Crippen molar-refractivity contribution in [1.82, 2.24) is 14.5 Å². The van der Waals surface area contributed by atoms with Gasteiger partial charge < -0.3 is 10.2 Å². The Morgan fingerprint density at radius 3 is 2.21 bits per heavy atom. The predicted molar refractivity (Wildman–Crippen MR) is 135 cm³/mol. The quantitative estimate of drug-likeness (QED) is 0.496. The van der Waals surface area contributed by atoms with Crippen molar-refractivity contribution >= 4 is 21.8 Å². The maximum Gasteiger partial charge on any atom is 0.242 e. The number of benzene rings is 2. The molecule has 2 aromatic carbocycles. The Balaban J connectivity index is 2.08. The fourth-order valence-corrected chi connectivity index (χ4v) is 4.73. The number of aryl methyl sites for hydroxylation is 1. The minimum absolute atomic E-state index is 0.141. The molecule has 0 aliphatic carbocycles. The van der Waals surface area contributed by atoms with Crippen molar-refractivity contribution in [2.45, 2.75) is 58.0 Å². The molecule has 1 unspecified atom stereocenters. The van der Waals surface area contributed by atoms with Gasteiger partial charge >= 0.3 is 0 Å². The maximum absolute atomic E-state index is 13.2. The normalized spacial score (nSPS) is 12.6. The van der Waals surface area contributed by atoms with Crippen LogP contribution in [0.4, 0.5) is 0 Å². The van der Waals surface area contributed by atoms with Crippen molar-refractivity contribution < 1.29 is 18.0 Å². The Morgan fingerprint density at radius 2 is 1.59 bits per heavy atom. The van der Waals surface area contributed by atoms with Gasteiger partial charge in [-0.25, -0.2) is 12.7 Å². The summed E-state index contributed by atoms with van der Waals surface area (Å²) in [6.45, 7) is 8.80. The Labute approximate surface area is 204 Å². The van der Waals surface area contributed by atoms with Gasteiger partial charge in [0.05, 0.1) is 4.90 Å². The third-order valence-corrected chi connectivity index (χ3v) is 7.64.